The third-order valence-electron chi connectivity index (χ3n) is 2.84. The highest BCUT2D eigenvalue weighted by Gasteiger charge is 2.39. The number of carbonyl (C=O) groups is 2. The van der Waals surface area contributed by atoms with E-state index in [1.807, 2.05) is 0 Å². The van der Waals surface area contributed by atoms with Crippen LogP contribution in [-0.2, 0) is 9.59 Å². The van der Waals surface area contributed by atoms with Gasteiger partial charge in [0.15, 0.2) is 0 Å². The lowest BCUT2D eigenvalue weighted by Crippen LogP contribution is -2.47. The Kier molecular flexibility index (Phi) is 4.40. The SMILES string of the molecule is O=C[B]N[C@H](C(=O)O)C1CCC(F)(F)CC1. The summed E-state index contributed by atoms with van der Waals surface area (Å²) in [4.78, 5) is 21.0. The molecule has 2 N–H and O–H groups in total. The number of halogens is 2. The zero-order valence-electron chi connectivity index (χ0n) is 8.66. The van der Waals surface area contributed by atoms with E-state index in [4.69, 9.17) is 5.11 Å². The molecule has 1 fully saturated rings. The van der Waals surface area contributed by atoms with Crippen LogP contribution in [0, 0.1) is 5.92 Å². The van der Waals surface area contributed by atoms with E-state index in [2.05, 4.69) is 5.23 Å². The van der Waals surface area contributed by atoms with E-state index < -0.39 is 17.9 Å². The lowest BCUT2D eigenvalue weighted by molar-refractivity contribution is -0.142. The summed E-state index contributed by atoms with van der Waals surface area (Å²) in [7, 11) is 0.992. The number of carboxylic acids is 1. The number of carboxylic acid groups (broad SMARTS) is 1. The van der Waals surface area contributed by atoms with Crippen molar-refractivity contribution in [1.29, 1.82) is 0 Å². The molecule has 7 heteroatoms. The van der Waals surface area contributed by atoms with Crippen LogP contribution in [0.15, 0.2) is 0 Å². The van der Waals surface area contributed by atoms with Gasteiger partial charge in [0.05, 0.1) is 12.2 Å². The van der Waals surface area contributed by atoms with Crippen molar-refractivity contribution in [3.05, 3.63) is 0 Å². The Morgan fingerprint density at radius 3 is 2.50 bits per heavy atom. The van der Waals surface area contributed by atoms with Gasteiger partial charge in [-0.05, 0) is 18.8 Å². The van der Waals surface area contributed by atoms with Gasteiger partial charge in [-0.2, -0.15) is 0 Å². The second kappa shape index (κ2) is 5.38. The van der Waals surface area contributed by atoms with E-state index >= 15 is 0 Å². The number of rotatable bonds is 5. The van der Waals surface area contributed by atoms with E-state index in [-0.39, 0.29) is 31.6 Å². The lowest BCUT2D eigenvalue weighted by Gasteiger charge is -2.31. The number of hydrogen-bond acceptors (Lipinski definition) is 3. The monoisotopic (exact) mass is 232 g/mol. The number of nitrogens with one attached hydrogen (secondary N) is 1. The topological polar surface area (TPSA) is 66.4 Å². The van der Waals surface area contributed by atoms with E-state index in [1.165, 1.54) is 0 Å². The molecule has 1 rings (SSSR count). The summed E-state index contributed by atoms with van der Waals surface area (Å²) < 4.78 is 25.7. The van der Waals surface area contributed by atoms with Crippen LogP contribution in [0.25, 0.3) is 0 Å². The molecule has 0 saturated heterocycles. The first-order chi connectivity index (χ1) is 7.46. The van der Waals surface area contributed by atoms with E-state index in [0.717, 1.165) is 7.41 Å². The van der Waals surface area contributed by atoms with E-state index in [9.17, 15) is 18.4 Å². The summed E-state index contributed by atoms with van der Waals surface area (Å²) in [5.41, 5.74) is 0. The molecule has 1 aliphatic rings. The predicted molar refractivity (Wildman–Crippen MR) is 54.0 cm³/mol. The summed E-state index contributed by atoms with van der Waals surface area (Å²) in [6, 6.07) is -0.957. The molecule has 16 heavy (non-hydrogen) atoms. The fourth-order valence-electron chi connectivity index (χ4n) is 1.95. The maximum Gasteiger partial charge on any atom is 0.319 e. The van der Waals surface area contributed by atoms with Crippen molar-refractivity contribution in [1.82, 2.24) is 5.23 Å². The van der Waals surface area contributed by atoms with Gasteiger partial charge in [-0.3, -0.25) is 4.79 Å². The van der Waals surface area contributed by atoms with Gasteiger partial charge in [0.1, 0.15) is 0 Å². The van der Waals surface area contributed by atoms with Crippen molar-refractivity contribution in [2.45, 2.75) is 37.6 Å². The van der Waals surface area contributed by atoms with Gasteiger partial charge in [-0.15, -0.1) is 0 Å². The largest absolute Gasteiger partial charge is 0.480 e. The van der Waals surface area contributed by atoms with Crippen molar-refractivity contribution >= 4 is 19.6 Å². The summed E-state index contributed by atoms with van der Waals surface area (Å²) in [6.45, 7) is 0. The molecule has 89 valence electrons. The minimum Gasteiger partial charge on any atom is -0.480 e. The van der Waals surface area contributed by atoms with Crippen LogP contribution in [0.5, 0.6) is 0 Å². The zero-order chi connectivity index (χ0) is 12.2. The second-order valence-electron chi connectivity index (χ2n) is 3.98. The molecular formula is C9H13BF2NO3. The average Bonchev–Trinajstić information content (AvgIpc) is 2.20. The van der Waals surface area contributed by atoms with E-state index in [1.54, 1.807) is 0 Å². The van der Waals surface area contributed by atoms with Gasteiger partial charge in [-0.25, -0.2) is 8.78 Å². The van der Waals surface area contributed by atoms with Crippen LogP contribution in [0.2, 0.25) is 0 Å². The lowest BCUT2D eigenvalue weighted by atomic mass is 9.80. The van der Waals surface area contributed by atoms with Crippen LogP contribution in [0.3, 0.4) is 0 Å². The summed E-state index contributed by atoms with van der Waals surface area (Å²) in [6.07, 6.45) is 0.176. The highest BCUT2D eigenvalue weighted by molar-refractivity contribution is 6.64. The van der Waals surface area contributed by atoms with Crippen molar-refractivity contribution in [2.24, 2.45) is 5.92 Å². The molecule has 0 unspecified atom stereocenters. The molecule has 4 nitrogen and oxygen atoms in total. The maximum absolute atomic E-state index is 12.9. The Morgan fingerprint density at radius 2 is 2.06 bits per heavy atom. The fourth-order valence-corrected chi connectivity index (χ4v) is 1.95. The normalized spacial score (nSPS) is 22.4. The van der Waals surface area contributed by atoms with Crippen molar-refractivity contribution < 1.29 is 23.5 Å². The molecule has 1 radical (unpaired) electrons. The number of hydrogen-bond donors (Lipinski definition) is 2. The Hall–Kier alpha value is -0.975. The highest BCUT2D eigenvalue weighted by atomic mass is 19.3. The molecule has 0 spiro atoms. The van der Waals surface area contributed by atoms with Crippen LogP contribution < -0.4 is 5.23 Å². The third kappa shape index (κ3) is 3.55. The van der Waals surface area contributed by atoms with Crippen LogP contribution >= 0.6 is 0 Å². The minimum atomic E-state index is -2.67. The van der Waals surface area contributed by atoms with E-state index in [0.29, 0.717) is 6.19 Å². The molecule has 1 saturated carbocycles. The van der Waals surface area contributed by atoms with Gasteiger partial charge in [-0.1, -0.05) is 0 Å². The van der Waals surface area contributed by atoms with Crippen LogP contribution in [-0.4, -0.2) is 36.6 Å². The molecule has 0 aromatic rings. The standard InChI is InChI=1S/C9H13BF2NO3/c11-9(12)3-1-6(2-4-9)7(8(15)16)13-10-5-14/h5-7,13H,1-4H2,(H,15,16)/t7-/m0/s1. The van der Waals surface area contributed by atoms with Crippen molar-refractivity contribution in [3.8, 4) is 0 Å². The summed E-state index contributed by atoms with van der Waals surface area (Å²) in [5.74, 6) is -4.14. The molecule has 1 aliphatic carbocycles. The summed E-state index contributed by atoms with van der Waals surface area (Å²) >= 11 is 0. The molecule has 0 amide bonds. The molecule has 0 bridgehead atoms. The van der Waals surface area contributed by atoms with Crippen LogP contribution in [0.4, 0.5) is 8.78 Å². The summed E-state index contributed by atoms with van der Waals surface area (Å²) in [5, 5.41) is 11.3. The van der Waals surface area contributed by atoms with Gasteiger partial charge in [0.25, 0.3) is 7.41 Å². The second-order valence-corrected chi connectivity index (χ2v) is 3.98. The smallest absolute Gasteiger partial charge is 0.319 e. The third-order valence-corrected chi connectivity index (χ3v) is 2.84. The molecular weight excluding hydrogens is 219 g/mol. The molecule has 0 aromatic heterocycles. The Bertz CT molecular complexity index is 265. The zero-order valence-corrected chi connectivity index (χ0v) is 8.66. The average molecular weight is 232 g/mol. The highest BCUT2D eigenvalue weighted by Crippen LogP contribution is 2.37. The van der Waals surface area contributed by atoms with Gasteiger partial charge >= 0.3 is 5.97 Å². The number of aliphatic carboxylic acids is 1. The van der Waals surface area contributed by atoms with Crippen LogP contribution in [0.1, 0.15) is 25.7 Å². The van der Waals surface area contributed by atoms with Crippen molar-refractivity contribution in [3.63, 3.8) is 0 Å². The van der Waals surface area contributed by atoms with Gasteiger partial charge in [0, 0.05) is 12.8 Å². The predicted octanol–water partition coefficient (Wildman–Crippen LogP) is 0.664. The first-order valence-electron chi connectivity index (χ1n) is 5.10. The molecule has 0 heterocycles. The molecule has 0 aromatic carbocycles. The molecule has 1 atom stereocenters. The Labute approximate surface area is 92.7 Å². The number of carbonyl (C=O) groups excluding carboxylic acids is 1. The first-order valence-corrected chi connectivity index (χ1v) is 5.10. The van der Waals surface area contributed by atoms with Crippen molar-refractivity contribution in [2.75, 3.05) is 0 Å². The fraction of sp³-hybridized carbons (Fsp3) is 0.778. The maximum atomic E-state index is 12.9. The molecule has 0 aliphatic heterocycles. The first kappa shape index (κ1) is 13.1. The number of alkyl halides is 2. The van der Waals surface area contributed by atoms with Gasteiger partial charge in [0.2, 0.25) is 5.92 Å². The quantitative estimate of drug-likeness (QED) is 0.539. The Morgan fingerprint density at radius 1 is 1.50 bits per heavy atom. The van der Waals surface area contributed by atoms with Gasteiger partial charge < -0.3 is 15.1 Å². The minimum absolute atomic E-state index is 0.156. The Balaban J connectivity index is 2.53.